The van der Waals surface area contributed by atoms with Crippen LogP contribution >= 0.6 is 0 Å². The number of carbonyl (C=O) groups is 1. The summed E-state index contributed by atoms with van der Waals surface area (Å²) < 4.78 is 0. The summed E-state index contributed by atoms with van der Waals surface area (Å²) >= 11 is 0. The molecule has 0 aliphatic carbocycles. The molecule has 0 unspecified atom stereocenters. The van der Waals surface area contributed by atoms with E-state index in [2.05, 4.69) is 20.8 Å². The van der Waals surface area contributed by atoms with Gasteiger partial charge in [-0.1, -0.05) is 46.5 Å². The van der Waals surface area contributed by atoms with E-state index < -0.39 is 5.97 Å². The Morgan fingerprint density at radius 2 is 1.53 bits per heavy atom. The van der Waals surface area contributed by atoms with Crippen molar-refractivity contribution in [2.24, 2.45) is 5.41 Å². The monoisotopic (exact) mass is 214 g/mol. The van der Waals surface area contributed by atoms with E-state index >= 15 is 0 Å². The fourth-order valence-corrected chi connectivity index (χ4v) is 2.20. The predicted octanol–water partition coefficient (Wildman–Crippen LogP) is 4.24. The fourth-order valence-electron chi connectivity index (χ4n) is 2.20. The van der Waals surface area contributed by atoms with E-state index in [1.165, 1.54) is 0 Å². The van der Waals surface area contributed by atoms with Gasteiger partial charge in [0.05, 0.1) is 6.42 Å². The van der Waals surface area contributed by atoms with Gasteiger partial charge in [-0.2, -0.15) is 0 Å². The second kappa shape index (κ2) is 7.72. The molecule has 0 atom stereocenters. The minimum atomic E-state index is -0.635. The lowest BCUT2D eigenvalue weighted by molar-refractivity contribution is -0.140. The van der Waals surface area contributed by atoms with Crippen LogP contribution in [0.5, 0.6) is 0 Å². The van der Waals surface area contributed by atoms with Crippen LogP contribution in [0, 0.1) is 5.41 Å². The molecular weight excluding hydrogens is 188 g/mol. The van der Waals surface area contributed by atoms with Crippen LogP contribution in [0.1, 0.15) is 72.1 Å². The van der Waals surface area contributed by atoms with E-state index in [4.69, 9.17) is 5.11 Å². The second-order valence-corrected chi connectivity index (χ2v) is 4.63. The molecular formula is C13H26O2. The number of hydrogen-bond donors (Lipinski definition) is 1. The van der Waals surface area contributed by atoms with E-state index in [9.17, 15) is 4.79 Å². The van der Waals surface area contributed by atoms with E-state index in [0.29, 0.717) is 6.42 Å². The van der Waals surface area contributed by atoms with Crippen LogP contribution in [0.15, 0.2) is 0 Å². The Labute approximate surface area is 94.1 Å². The van der Waals surface area contributed by atoms with Gasteiger partial charge in [-0.05, 0) is 24.7 Å². The third-order valence-electron chi connectivity index (χ3n) is 3.40. The van der Waals surface area contributed by atoms with Gasteiger partial charge >= 0.3 is 5.97 Å². The number of rotatable bonds is 9. The number of carboxylic acids is 1. The molecule has 0 aromatic rings. The summed E-state index contributed by atoms with van der Waals surface area (Å²) in [5.41, 5.74) is 0.0673. The molecule has 2 nitrogen and oxygen atoms in total. The van der Waals surface area contributed by atoms with Crippen molar-refractivity contribution < 1.29 is 9.90 Å². The zero-order valence-corrected chi connectivity index (χ0v) is 10.5. The third kappa shape index (κ3) is 5.81. The van der Waals surface area contributed by atoms with Gasteiger partial charge in [-0.3, -0.25) is 4.79 Å². The van der Waals surface area contributed by atoms with Gasteiger partial charge in [0, 0.05) is 0 Å². The highest BCUT2D eigenvalue weighted by Crippen LogP contribution is 2.38. The van der Waals surface area contributed by atoms with Gasteiger partial charge in [-0.15, -0.1) is 0 Å². The highest BCUT2D eigenvalue weighted by atomic mass is 16.4. The van der Waals surface area contributed by atoms with Crippen molar-refractivity contribution in [3.8, 4) is 0 Å². The number of carboxylic acid groups (broad SMARTS) is 1. The minimum Gasteiger partial charge on any atom is -0.481 e. The van der Waals surface area contributed by atoms with Gasteiger partial charge < -0.3 is 5.11 Å². The molecule has 0 aromatic carbocycles. The van der Waals surface area contributed by atoms with Crippen LogP contribution in [0.2, 0.25) is 0 Å². The Morgan fingerprint density at radius 1 is 1.07 bits per heavy atom. The Bertz CT molecular complexity index is 167. The van der Waals surface area contributed by atoms with Crippen molar-refractivity contribution >= 4 is 5.97 Å². The van der Waals surface area contributed by atoms with Crippen molar-refractivity contribution in [3.63, 3.8) is 0 Å². The van der Waals surface area contributed by atoms with E-state index in [0.717, 1.165) is 44.9 Å². The van der Waals surface area contributed by atoms with E-state index in [-0.39, 0.29) is 5.41 Å². The maximum atomic E-state index is 10.9. The lowest BCUT2D eigenvalue weighted by Gasteiger charge is -2.31. The molecule has 0 rings (SSSR count). The number of unbranched alkanes of at least 4 members (excludes halogenated alkanes) is 2. The first kappa shape index (κ1) is 14.5. The summed E-state index contributed by atoms with van der Waals surface area (Å²) in [6, 6.07) is 0. The van der Waals surface area contributed by atoms with Gasteiger partial charge in [0.25, 0.3) is 0 Å². The zero-order valence-electron chi connectivity index (χ0n) is 10.5. The van der Waals surface area contributed by atoms with Gasteiger partial charge in [-0.25, -0.2) is 0 Å². The molecule has 0 bridgehead atoms. The summed E-state index contributed by atoms with van der Waals surface area (Å²) in [7, 11) is 0. The summed E-state index contributed by atoms with van der Waals surface area (Å²) in [5, 5.41) is 8.98. The normalized spacial score (nSPS) is 11.7. The molecule has 15 heavy (non-hydrogen) atoms. The highest BCUT2D eigenvalue weighted by molar-refractivity contribution is 5.67. The molecule has 0 aromatic heterocycles. The molecule has 0 spiro atoms. The van der Waals surface area contributed by atoms with Crippen LogP contribution in [0.4, 0.5) is 0 Å². The average molecular weight is 214 g/mol. The van der Waals surface area contributed by atoms with E-state index in [1.54, 1.807) is 0 Å². The zero-order chi connectivity index (χ0) is 11.7. The standard InChI is InChI=1S/C13H26O2/c1-4-7-9-13(6-3,10-8-5-2)11-12(14)15/h4-11H2,1-3H3,(H,14,15). The summed E-state index contributed by atoms with van der Waals surface area (Å²) in [4.78, 5) is 10.9. The van der Waals surface area contributed by atoms with Crippen molar-refractivity contribution in [1.29, 1.82) is 0 Å². The largest absolute Gasteiger partial charge is 0.481 e. The van der Waals surface area contributed by atoms with Crippen LogP contribution in [0.25, 0.3) is 0 Å². The quantitative estimate of drug-likeness (QED) is 0.623. The van der Waals surface area contributed by atoms with Gasteiger partial charge in [0.15, 0.2) is 0 Å². The summed E-state index contributed by atoms with van der Waals surface area (Å²) in [6.07, 6.45) is 8.14. The predicted molar refractivity (Wildman–Crippen MR) is 64.0 cm³/mol. The molecule has 2 heteroatoms. The van der Waals surface area contributed by atoms with Crippen molar-refractivity contribution in [1.82, 2.24) is 0 Å². The van der Waals surface area contributed by atoms with Gasteiger partial charge in [0.1, 0.15) is 0 Å². The Morgan fingerprint density at radius 3 is 1.80 bits per heavy atom. The molecule has 0 heterocycles. The summed E-state index contributed by atoms with van der Waals surface area (Å²) in [5.74, 6) is -0.635. The highest BCUT2D eigenvalue weighted by Gasteiger charge is 2.29. The molecule has 0 fully saturated rings. The molecule has 0 aliphatic rings. The fraction of sp³-hybridized carbons (Fsp3) is 0.923. The van der Waals surface area contributed by atoms with Crippen molar-refractivity contribution in [2.45, 2.75) is 72.1 Å². The topological polar surface area (TPSA) is 37.3 Å². The van der Waals surface area contributed by atoms with Crippen LogP contribution in [-0.4, -0.2) is 11.1 Å². The molecule has 0 saturated carbocycles. The molecule has 0 aliphatic heterocycles. The van der Waals surface area contributed by atoms with Crippen LogP contribution in [0.3, 0.4) is 0 Å². The lowest BCUT2D eigenvalue weighted by Crippen LogP contribution is -2.24. The lowest BCUT2D eigenvalue weighted by atomic mass is 9.73. The maximum absolute atomic E-state index is 10.9. The first-order valence-corrected chi connectivity index (χ1v) is 6.32. The Balaban J connectivity index is 4.36. The smallest absolute Gasteiger partial charge is 0.303 e. The van der Waals surface area contributed by atoms with Crippen molar-refractivity contribution in [3.05, 3.63) is 0 Å². The first-order chi connectivity index (χ1) is 7.10. The second-order valence-electron chi connectivity index (χ2n) is 4.63. The Hall–Kier alpha value is -0.530. The van der Waals surface area contributed by atoms with Crippen molar-refractivity contribution in [2.75, 3.05) is 0 Å². The van der Waals surface area contributed by atoms with E-state index in [1.807, 2.05) is 0 Å². The summed E-state index contributed by atoms with van der Waals surface area (Å²) in [6.45, 7) is 6.47. The first-order valence-electron chi connectivity index (χ1n) is 6.32. The molecule has 0 saturated heterocycles. The number of hydrogen-bond acceptors (Lipinski definition) is 1. The third-order valence-corrected chi connectivity index (χ3v) is 3.40. The average Bonchev–Trinajstić information content (AvgIpc) is 2.22. The molecule has 0 radical (unpaired) electrons. The molecule has 0 amide bonds. The van der Waals surface area contributed by atoms with Gasteiger partial charge in [0.2, 0.25) is 0 Å². The van der Waals surface area contributed by atoms with Crippen LogP contribution < -0.4 is 0 Å². The Kier molecular flexibility index (Phi) is 7.45. The molecule has 90 valence electrons. The maximum Gasteiger partial charge on any atom is 0.303 e. The van der Waals surface area contributed by atoms with Crippen LogP contribution in [-0.2, 0) is 4.79 Å². The molecule has 1 N–H and O–H groups in total. The SMILES string of the molecule is CCCCC(CC)(CCCC)CC(=O)O. The number of aliphatic carboxylic acids is 1. The minimum absolute atomic E-state index is 0.0673.